The Kier molecular flexibility index (Phi) is 5.02. The molecule has 2 N–H and O–H groups in total. The number of hydrogen-bond donors (Lipinski definition) is 2. The van der Waals surface area contributed by atoms with Crippen LogP contribution in [0, 0.1) is 17.6 Å². The molecule has 7 heteroatoms. The fourth-order valence-corrected chi connectivity index (χ4v) is 3.20. The summed E-state index contributed by atoms with van der Waals surface area (Å²) in [6.45, 7) is 2.89. The summed E-state index contributed by atoms with van der Waals surface area (Å²) in [5.41, 5.74) is -1.02. The van der Waals surface area contributed by atoms with Gasteiger partial charge in [0.2, 0.25) is 0 Å². The van der Waals surface area contributed by atoms with E-state index in [1.165, 1.54) is 13.8 Å². The summed E-state index contributed by atoms with van der Waals surface area (Å²) in [5, 5.41) is 11.4. The van der Waals surface area contributed by atoms with Crippen molar-refractivity contribution in [2.24, 2.45) is 5.92 Å². The summed E-state index contributed by atoms with van der Waals surface area (Å²) < 4.78 is 27.6. The van der Waals surface area contributed by atoms with Crippen molar-refractivity contribution in [3.05, 3.63) is 70.8 Å². The molecule has 28 heavy (non-hydrogen) atoms. The van der Waals surface area contributed by atoms with Gasteiger partial charge in [0.1, 0.15) is 17.2 Å². The van der Waals surface area contributed by atoms with Gasteiger partial charge in [-0.3, -0.25) is 14.4 Å². The molecule has 0 aliphatic heterocycles. The van der Waals surface area contributed by atoms with E-state index in [-0.39, 0.29) is 5.92 Å². The quantitative estimate of drug-likeness (QED) is 0.743. The molecule has 0 aromatic heterocycles. The van der Waals surface area contributed by atoms with E-state index in [0.717, 1.165) is 23.8 Å². The Morgan fingerprint density at radius 3 is 2.11 bits per heavy atom. The van der Waals surface area contributed by atoms with Crippen LogP contribution in [0.3, 0.4) is 0 Å². The van der Waals surface area contributed by atoms with Gasteiger partial charge < -0.3 is 10.4 Å². The van der Waals surface area contributed by atoms with Gasteiger partial charge in [-0.1, -0.05) is 30.3 Å². The Labute approximate surface area is 160 Å². The average Bonchev–Trinajstić information content (AvgIpc) is 3.41. The van der Waals surface area contributed by atoms with Gasteiger partial charge in [-0.25, -0.2) is 8.78 Å². The largest absolute Gasteiger partial charge is 0.481 e. The Balaban J connectivity index is 1.74. The van der Waals surface area contributed by atoms with E-state index in [2.05, 4.69) is 5.32 Å². The maximum atomic E-state index is 13.8. The number of carbonyl (C=O) groups is 3. The highest BCUT2D eigenvalue weighted by atomic mass is 19.1. The molecule has 146 valence electrons. The molecule has 0 unspecified atom stereocenters. The van der Waals surface area contributed by atoms with Crippen molar-refractivity contribution in [2.75, 3.05) is 0 Å². The monoisotopic (exact) mass is 387 g/mol. The van der Waals surface area contributed by atoms with Crippen LogP contribution >= 0.6 is 0 Å². The number of hydrogen-bond acceptors (Lipinski definition) is 3. The number of aliphatic carboxylic acids is 1. The first-order valence-corrected chi connectivity index (χ1v) is 8.76. The molecule has 2 atom stereocenters. The molecule has 2 aromatic rings. The SMILES string of the molecule is CC(C)(NC(=O)c1c(F)cccc1F)C(=O)c1ccc([C@@H]2C[C@H]2C(=O)O)cc1. The first-order chi connectivity index (χ1) is 13.1. The molecule has 5 nitrogen and oxygen atoms in total. The number of halogens is 2. The van der Waals surface area contributed by atoms with E-state index in [4.69, 9.17) is 5.11 Å². The highest BCUT2D eigenvalue weighted by Crippen LogP contribution is 2.47. The lowest BCUT2D eigenvalue weighted by atomic mass is 9.91. The number of carboxylic acids is 1. The molecule has 1 fully saturated rings. The zero-order valence-corrected chi connectivity index (χ0v) is 15.3. The van der Waals surface area contributed by atoms with Crippen LogP contribution in [0.1, 0.15) is 52.5 Å². The van der Waals surface area contributed by atoms with Gasteiger partial charge in [0.05, 0.1) is 11.5 Å². The molecule has 1 amide bonds. The Bertz CT molecular complexity index is 933. The number of benzene rings is 2. The zero-order chi connectivity index (χ0) is 20.6. The van der Waals surface area contributed by atoms with Gasteiger partial charge in [-0.05, 0) is 43.9 Å². The summed E-state index contributed by atoms with van der Waals surface area (Å²) in [6.07, 6.45) is 0.568. The number of ketones is 1. The predicted octanol–water partition coefficient (Wildman–Crippen LogP) is 3.54. The lowest BCUT2D eigenvalue weighted by Gasteiger charge is -2.25. The second-order valence-corrected chi connectivity index (χ2v) is 7.41. The third-order valence-electron chi connectivity index (χ3n) is 4.89. The minimum Gasteiger partial charge on any atom is -0.481 e. The van der Waals surface area contributed by atoms with Gasteiger partial charge in [0.15, 0.2) is 5.78 Å². The number of rotatable bonds is 6. The summed E-state index contributed by atoms with van der Waals surface area (Å²) >= 11 is 0. The fourth-order valence-electron chi connectivity index (χ4n) is 3.20. The molecule has 0 saturated heterocycles. The van der Waals surface area contributed by atoms with E-state index >= 15 is 0 Å². The average molecular weight is 387 g/mol. The van der Waals surface area contributed by atoms with Gasteiger partial charge >= 0.3 is 5.97 Å². The summed E-state index contributed by atoms with van der Waals surface area (Å²) in [4.78, 5) is 36.0. The van der Waals surface area contributed by atoms with E-state index in [9.17, 15) is 23.2 Å². The maximum absolute atomic E-state index is 13.8. The molecule has 0 heterocycles. The summed E-state index contributed by atoms with van der Waals surface area (Å²) in [6, 6.07) is 9.58. The molecular weight excluding hydrogens is 368 g/mol. The predicted molar refractivity (Wildman–Crippen MR) is 97.2 cm³/mol. The molecule has 0 bridgehead atoms. The number of carboxylic acid groups (broad SMARTS) is 1. The van der Waals surface area contributed by atoms with Crippen LogP contribution in [-0.4, -0.2) is 28.3 Å². The van der Waals surface area contributed by atoms with E-state index in [1.807, 2.05) is 0 Å². The van der Waals surface area contributed by atoms with Crippen LogP contribution in [0.5, 0.6) is 0 Å². The second kappa shape index (κ2) is 7.14. The minimum absolute atomic E-state index is 0.0570. The first-order valence-electron chi connectivity index (χ1n) is 8.76. The molecule has 3 rings (SSSR count). The maximum Gasteiger partial charge on any atom is 0.307 e. The van der Waals surface area contributed by atoms with Gasteiger partial charge in [0.25, 0.3) is 5.91 Å². The number of carbonyl (C=O) groups excluding carboxylic acids is 2. The lowest BCUT2D eigenvalue weighted by molar-refractivity contribution is -0.138. The highest BCUT2D eigenvalue weighted by molar-refractivity contribution is 6.06. The molecule has 2 aromatic carbocycles. The van der Waals surface area contributed by atoms with Crippen LogP contribution in [0.4, 0.5) is 8.78 Å². The van der Waals surface area contributed by atoms with Crippen molar-refractivity contribution in [3.63, 3.8) is 0 Å². The molecule has 1 saturated carbocycles. The standard InChI is InChI=1S/C21H19F2NO4/c1-21(2,24-19(26)17-15(22)4-3-5-16(17)23)18(25)12-8-6-11(7-9-12)13-10-14(13)20(27)28/h3-9,13-14H,10H2,1-2H3,(H,24,26)(H,27,28)/t13-,14+/m0/s1. The van der Waals surface area contributed by atoms with Crippen molar-refractivity contribution >= 4 is 17.7 Å². The normalized spacial score (nSPS) is 18.4. The summed E-state index contributed by atoms with van der Waals surface area (Å²) in [7, 11) is 0. The number of nitrogens with one attached hydrogen (secondary N) is 1. The molecular formula is C21H19F2NO4. The Hall–Kier alpha value is -3.09. The first kappa shape index (κ1) is 19.7. The molecule has 0 spiro atoms. The summed E-state index contributed by atoms with van der Waals surface area (Å²) in [5.74, 6) is -4.77. The van der Waals surface area contributed by atoms with Crippen LogP contribution in [-0.2, 0) is 4.79 Å². The fraction of sp³-hybridized carbons (Fsp3) is 0.286. The van der Waals surface area contributed by atoms with Crippen molar-refractivity contribution < 1.29 is 28.3 Å². The van der Waals surface area contributed by atoms with Crippen LogP contribution < -0.4 is 5.32 Å². The van der Waals surface area contributed by atoms with Crippen LogP contribution in [0.25, 0.3) is 0 Å². The molecule has 0 radical (unpaired) electrons. The minimum atomic E-state index is -1.41. The third kappa shape index (κ3) is 3.78. The number of Topliss-reactive ketones (excluding diaryl/α,β-unsaturated/α-hetero) is 1. The Morgan fingerprint density at radius 2 is 1.61 bits per heavy atom. The smallest absolute Gasteiger partial charge is 0.307 e. The molecule has 1 aliphatic carbocycles. The van der Waals surface area contributed by atoms with E-state index < -0.39 is 46.3 Å². The van der Waals surface area contributed by atoms with E-state index in [0.29, 0.717) is 12.0 Å². The van der Waals surface area contributed by atoms with Gasteiger partial charge in [-0.15, -0.1) is 0 Å². The zero-order valence-electron chi connectivity index (χ0n) is 15.3. The molecule has 1 aliphatic rings. The van der Waals surface area contributed by atoms with Crippen molar-refractivity contribution in [1.82, 2.24) is 5.32 Å². The van der Waals surface area contributed by atoms with Crippen LogP contribution in [0.2, 0.25) is 0 Å². The van der Waals surface area contributed by atoms with Crippen molar-refractivity contribution in [2.45, 2.75) is 31.7 Å². The lowest BCUT2D eigenvalue weighted by Crippen LogP contribution is -2.50. The van der Waals surface area contributed by atoms with E-state index in [1.54, 1.807) is 24.3 Å². The van der Waals surface area contributed by atoms with Crippen molar-refractivity contribution in [1.29, 1.82) is 0 Å². The van der Waals surface area contributed by atoms with Crippen LogP contribution in [0.15, 0.2) is 42.5 Å². The third-order valence-corrected chi connectivity index (χ3v) is 4.89. The second-order valence-electron chi connectivity index (χ2n) is 7.41. The van der Waals surface area contributed by atoms with Gasteiger partial charge in [-0.2, -0.15) is 0 Å². The van der Waals surface area contributed by atoms with Gasteiger partial charge in [0, 0.05) is 5.56 Å². The number of amides is 1. The highest BCUT2D eigenvalue weighted by Gasteiger charge is 2.44. The topological polar surface area (TPSA) is 83.5 Å². The Morgan fingerprint density at radius 1 is 1.04 bits per heavy atom. The van der Waals surface area contributed by atoms with Crippen molar-refractivity contribution in [3.8, 4) is 0 Å².